The first-order valence-corrected chi connectivity index (χ1v) is 3.92. The van der Waals surface area contributed by atoms with Crippen molar-refractivity contribution < 1.29 is 4.92 Å². The Morgan fingerprint density at radius 2 is 2.14 bits per heavy atom. The highest BCUT2D eigenvalue weighted by Crippen LogP contribution is 2.29. The van der Waals surface area contributed by atoms with Gasteiger partial charge in [0.15, 0.2) is 5.96 Å². The highest BCUT2D eigenvalue weighted by Gasteiger charge is 2.13. The largest absolute Gasteiger partial charge is 0.370 e. The predicted octanol–water partition coefficient (Wildman–Crippen LogP) is 1.15. The van der Waals surface area contributed by atoms with Crippen LogP contribution in [0.25, 0.3) is 0 Å². The minimum Gasteiger partial charge on any atom is -0.370 e. The van der Waals surface area contributed by atoms with Crippen molar-refractivity contribution in [2.24, 2.45) is 16.5 Å². The molecule has 0 aliphatic heterocycles. The molecule has 0 aliphatic carbocycles. The smallest absolute Gasteiger partial charge is 0.296 e. The molecule has 0 radical (unpaired) electrons. The Hall–Kier alpha value is -1.82. The molecule has 0 saturated heterocycles. The summed E-state index contributed by atoms with van der Waals surface area (Å²) in [6, 6.07) is 4.03. The Labute approximate surface area is 84.3 Å². The minimum absolute atomic E-state index is 0.0828. The number of guanidine groups is 1. The first-order chi connectivity index (χ1) is 6.50. The fourth-order valence-corrected chi connectivity index (χ4v) is 1.04. The van der Waals surface area contributed by atoms with Crippen LogP contribution in [0.15, 0.2) is 23.2 Å². The molecule has 0 unspecified atom stereocenters. The molecule has 14 heavy (non-hydrogen) atoms. The molecule has 0 amide bonds. The summed E-state index contributed by atoms with van der Waals surface area (Å²) >= 11 is 5.58. The van der Waals surface area contributed by atoms with E-state index in [1.807, 2.05) is 0 Å². The van der Waals surface area contributed by atoms with Gasteiger partial charge in [0.25, 0.3) is 5.69 Å². The van der Waals surface area contributed by atoms with Crippen LogP contribution in [0.5, 0.6) is 0 Å². The molecule has 1 aromatic carbocycles. The van der Waals surface area contributed by atoms with Gasteiger partial charge in [-0.2, -0.15) is 0 Å². The Bertz CT molecular complexity index is 401. The molecule has 0 aromatic heterocycles. The second kappa shape index (κ2) is 3.93. The van der Waals surface area contributed by atoms with Gasteiger partial charge >= 0.3 is 0 Å². The van der Waals surface area contributed by atoms with E-state index in [4.69, 9.17) is 23.1 Å². The molecule has 0 aliphatic rings. The lowest BCUT2D eigenvalue weighted by atomic mass is 10.3. The average Bonchev–Trinajstić information content (AvgIpc) is 2.07. The maximum absolute atomic E-state index is 10.6. The van der Waals surface area contributed by atoms with Crippen LogP contribution >= 0.6 is 11.6 Å². The fourth-order valence-electron chi connectivity index (χ4n) is 0.876. The van der Waals surface area contributed by atoms with Crippen molar-refractivity contribution in [3.05, 3.63) is 33.3 Å². The summed E-state index contributed by atoms with van der Waals surface area (Å²) < 4.78 is 0. The van der Waals surface area contributed by atoms with E-state index < -0.39 is 4.92 Å². The van der Waals surface area contributed by atoms with Crippen molar-refractivity contribution in [3.8, 4) is 0 Å². The fraction of sp³-hybridized carbons (Fsp3) is 0. The third-order valence-corrected chi connectivity index (χ3v) is 1.62. The molecule has 0 heterocycles. The van der Waals surface area contributed by atoms with Crippen LogP contribution in [-0.2, 0) is 0 Å². The second-order valence-corrected chi connectivity index (χ2v) is 2.86. The summed E-state index contributed by atoms with van der Waals surface area (Å²) in [5.74, 6) is -0.240. The quantitative estimate of drug-likeness (QED) is 0.333. The van der Waals surface area contributed by atoms with Crippen LogP contribution < -0.4 is 11.5 Å². The number of hydrogen-bond donors (Lipinski definition) is 2. The molecule has 0 spiro atoms. The van der Waals surface area contributed by atoms with Crippen molar-refractivity contribution in [1.82, 2.24) is 0 Å². The van der Waals surface area contributed by atoms with Crippen LogP contribution in [-0.4, -0.2) is 10.9 Å². The zero-order valence-corrected chi connectivity index (χ0v) is 7.73. The van der Waals surface area contributed by atoms with E-state index in [0.29, 0.717) is 0 Å². The lowest BCUT2D eigenvalue weighted by Crippen LogP contribution is -2.22. The molecule has 0 fully saturated rings. The van der Waals surface area contributed by atoms with Gasteiger partial charge in [0.05, 0.1) is 4.92 Å². The van der Waals surface area contributed by atoms with Gasteiger partial charge in [0.2, 0.25) is 0 Å². The highest BCUT2D eigenvalue weighted by atomic mass is 35.5. The maximum Gasteiger partial charge on any atom is 0.296 e. The monoisotopic (exact) mass is 214 g/mol. The van der Waals surface area contributed by atoms with Gasteiger partial charge in [0, 0.05) is 11.1 Å². The Balaban J connectivity index is 3.29. The number of rotatable bonds is 2. The van der Waals surface area contributed by atoms with Crippen molar-refractivity contribution >= 4 is 28.9 Å². The van der Waals surface area contributed by atoms with Crippen LogP contribution in [0.4, 0.5) is 11.4 Å². The molecule has 0 bridgehead atoms. The normalized spacial score (nSPS) is 9.50. The lowest BCUT2D eigenvalue weighted by Gasteiger charge is -1.98. The van der Waals surface area contributed by atoms with Gasteiger partial charge in [-0.25, -0.2) is 4.99 Å². The Morgan fingerprint density at radius 1 is 1.50 bits per heavy atom. The van der Waals surface area contributed by atoms with Gasteiger partial charge in [-0.15, -0.1) is 0 Å². The number of nitro benzene ring substituents is 1. The molecule has 1 aromatic rings. The molecule has 1 rings (SSSR count). The average molecular weight is 215 g/mol. The van der Waals surface area contributed by atoms with Crippen LogP contribution in [0.1, 0.15) is 0 Å². The maximum atomic E-state index is 10.6. The SMILES string of the molecule is NC(N)=Nc1ccc(Cl)cc1[N+](=O)[O-]. The summed E-state index contributed by atoms with van der Waals surface area (Å²) in [6.07, 6.45) is 0. The predicted molar refractivity (Wildman–Crippen MR) is 53.6 cm³/mol. The number of aliphatic imine (C=N–C) groups is 1. The van der Waals surface area contributed by atoms with Crippen LogP contribution in [0, 0.1) is 10.1 Å². The van der Waals surface area contributed by atoms with Gasteiger partial charge < -0.3 is 11.5 Å². The summed E-state index contributed by atoms with van der Waals surface area (Å²) in [4.78, 5) is 13.5. The molecule has 4 N–H and O–H groups in total. The Morgan fingerprint density at radius 3 is 2.64 bits per heavy atom. The molecule has 74 valence electrons. The standard InChI is InChI=1S/C7H7ClN4O2/c8-4-1-2-5(11-7(9)10)6(3-4)12(13)14/h1-3H,(H4,9,10,11). The number of halogens is 1. The van der Waals surface area contributed by atoms with E-state index in [1.165, 1.54) is 18.2 Å². The van der Waals surface area contributed by atoms with Crippen molar-refractivity contribution in [2.45, 2.75) is 0 Å². The molecule has 7 heteroatoms. The van der Waals surface area contributed by atoms with E-state index >= 15 is 0 Å². The summed E-state index contributed by atoms with van der Waals surface area (Å²) in [6.45, 7) is 0. The zero-order valence-electron chi connectivity index (χ0n) is 6.98. The topological polar surface area (TPSA) is 108 Å². The number of nitro groups is 1. The first kappa shape index (κ1) is 10.3. The molecular formula is C7H7ClN4O2. The van der Waals surface area contributed by atoms with E-state index in [0.717, 1.165) is 0 Å². The van der Waals surface area contributed by atoms with E-state index in [-0.39, 0.29) is 22.4 Å². The molecule has 0 saturated carbocycles. The van der Waals surface area contributed by atoms with Crippen molar-refractivity contribution in [1.29, 1.82) is 0 Å². The van der Waals surface area contributed by atoms with Gasteiger partial charge in [-0.3, -0.25) is 10.1 Å². The zero-order chi connectivity index (χ0) is 10.7. The van der Waals surface area contributed by atoms with E-state index in [9.17, 15) is 10.1 Å². The van der Waals surface area contributed by atoms with Gasteiger partial charge in [-0.1, -0.05) is 11.6 Å². The summed E-state index contributed by atoms with van der Waals surface area (Å²) in [5, 5.41) is 10.8. The van der Waals surface area contributed by atoms with Crippen LogP contribution in [0.3, 0.4) is 0 Å². The van der Waals surface area contributed by atoms with E-state index in [1.54, 1.807) is 0 Å². The molecule has 6 nitrogen and oxygen atoms in total. The number of hydrogen-bond acceptors (Lipinski definition) is 3. The highest BCUT2D eigenvalue weighted by molar-refractivity contribution is 6.30. The number of benzene rings is 1. The van der Waals surface area contributed by atoms with Crippen molar-refractivity contribution in [2.75, 3.05) is 0 Å². The summed E-state index contributed by atoms with van der Waals surface area (Å²) in [7, 11) is 0. The lowest BCUT2D eigenvalue weighted by molar-refractivity contribution is -0.384. The van der Waals surface area contributed by atoms with Gasteiger partial charge in [-0.05, 0) is 12.1 Å². The van der Waals surface area contributed by atoms with E-state index in [2.05, 4.69) is 4.99 Å². The minimum atomic E-state index is -0.604. The third-order valence-electron chi connectivity index (χ3n) is 1.38. The molecular weight excluding hydrogens is 208 g/mol. The number of nitrogens with zero attached hydrogens (tertiary/aromatic N) is 2. The third kappa shape index (κ3) is 2.33. The molecule has 0 atom stereocenters. The van der Waals surface area contributed by atoms with Gasteiger partial charge in [0.1, 0.15) is 5.69 Å². The number of nitrogens with two attached hydrogens (primary N) is 2. The van der Waals surface area contributed by atoms with Crippen molar-refractivity contribution in [3.63, 3.8) is 0 Å². The Kier molecular flexibility index (Phi) is 2.88. The second-order valence-electron chi connectivity index (χ2n) is 2.43. The summed E-state index contributed by atoms with van der Waals surface area (Å²) in [5.41, 5.74) is 10.1. The first-order valence-electron chi connectivity index (χ1n) is 3.54. The van der Waals surface area contributed by atoms with Crippen LogP contribution in [0.2, 0.25) is 5.02 Å².